The standard InChI is InChI=1S/C16H24FNO2/c1-2-7-18(10-16(11-19)12-20-13-16)8-6-14-4-3-5-15(17)9-14/h3-5,9,19H,2,6-8,10-13H2,1H3. The van der Waals surface area contributed by atoms with Gasteiger partial charge in [-0.2, -0.15) is 0 Å². The van der Waals surface area contributed by atoms with Crippen LogP contribution in [-0.4, -0.2) is 49.5 Å². The highest BCUT2D eigenvalue weighted by Crippen LogP contribution is 2.28. The van der Waals surface area contributed by atoms with Gasteiger partial charge in [0, 0.05) is 13.1 Å². The highest BCUT2D eigenvalue weighted by molar-refractivity contribution is 5.16. The molecule has 0 aliphatic carbocycles. The number of rotatable bonds is 8. The average molecular weight is 281 g/mol. The van der Waals surface area contributed by atoms with Crippen LogP contribution in [0.2, 0.25) is 0 Å². The second kappa shape index (κ2) is 7.16. The summed E-state index contributed by atoms with van der Waals surface area (Å²) in [5.41, 5.74) is 0.936. The summed E-state index contributed by atoms with van der Waals surface area (Å²) in [4.78, 5) is 2.35. The lowest BCUT2D eigenvalue weighted by atomic mass is 9.86. The zero-order valence-corrected chi connectivity index (χ0v) is 12.1. The minimum atomic E-state index is -0.177. The molecule has 2 rings (SSSR count). The Hall–Kier alpha value is -0.970. The molecule has 0 bridgehead atoms. The van der Waals surface area contributed by atoms with E-state index in [0.29, 0.717) is 13.2 Å². The number of halogens is 1. The zero-order valence-electron chi connectivity index (χ0n) is 12.1. The Bertz CT molecular complexity index is 415. The Morgan fingerprint density at radius 1 is 1.35 bits per heavy atom. The lowest BCUT2D eigenvalue weighted by molar-refractivity contribution is -0.148. The van der Waals surface area contributed by atoms with E-state index in [0.717, 1.165) is 38.0 Å². The number of aliphatic hydroxyl groups is 1. The third-order valence-corrected chi connectivity index (χ3v) is 3.86. The van der Waals surface area contributed by atoms with Gasteiger partial charge in [-0.05, 0) is 37.1 Å². The number of ether oxygens (including phenoxy) is 1. The quantitative estimate of drug-likeness (QED) is 0.792. The molecule has 1 aliphatic heterocycles. The predicted molar refractivity (Wildman–Crippen MR) is 77.2 cm³/mol. The van der Waals surface area contributed by atoms with Crippen LogP contribution in [0.5, 0.6) is 0 Å². The Morgan fingerprint density at radius 3 is 2.70 bits per heavy atom. The summed E-state index contributed by atoms with van der Waals surface area (Å²) in [5.74, 6) is -0.177. The predicted octanol–water partition coefficient (Wildman–Crippen LogP) is 2.09. The lowest BCUT2D eigenvalue weighted by Crippen LogP contribution is -2.53. The first kappa shape index (κ1) is 15.4. The molecule has 0 atom stereocenters. The molecule has 0 unspecified atom stereocenters. The first-order chi connectivity index (χ1) is 9.67. The third-order valence-electron chi connectivity index (χ3n) is 3.86. The number of hydrogen-bond donors (Lipinski definition) is 1. The number of benzene rings is 1. The second-order valence-corrected chi connectivity index (χ2v) is 5.81. The second-order valence-electron chi connectivity index (χ2n) is 5.81. The largest absolute Gasteiger partial charge is 0.396 e. The van der Waals surface area contributed by atoms with E-state index < -0.39 is 0 Å². The molecule has 3 nitrogen and oxygen atoms in total. The van der Waals surface area contributed by atoms with Crippen molar-refractivity contribution in [2.45, 2.75) is 19.8 Å². The highest BCUT2D eigenvalue weighted by atomic mass is 19.1. The van der Waals surface area contributed by atoms with Crippen LogP contribution >= 0.6 is 0 Å². The summed E-state index contributed by atoms with van der Waals surface area (Å²) >= 11 is 0. The van der Waals surface area contributed by atoms with Crippen LogP contribution in [0.4, 0.5) is 4.39 Å². The fourth-order valence-electron chi connectivity index (χ4n) is 2.66. The molecule has 0 saturated carbocycles. The van der Waals surface area contributed by atoms with E-state index in [4.69, 9.17) is 4.74 Å². The van der Waals surface area contributed by atoms with Crippen LogP contribution < -0.4 is 0 Å². The van der Waals surface area contributed by atoms with Crippen molar-refractivity contribution >= 4 is 0 Å². The van der Waals surface area contributed by atoms with E-state index in [1.165, 1.54) is 6.07 Å². The van der Waals surface area contributed by atoms with Crippen LogP contribution in [0.25, 0.3) is 0 Å². The van der Waals surface area contributed by atoms with E-state index in [9.17, 15) is 9.50 Å². The zero-order chi connectivity index (χ0) is 14.4. The maximum atomic E-state index is 13.2. The smallest absolute Gasteiger partial charge is 0.123 e. The first-order valence-corrected chi connectivity index (χ1v) is 7.33. The van der Waals surface area contributed by atoms with Gasteiger partial charge in [0.2, 0.25) is 0 Å². The molecular weight excluding hydrogens is 257 g/mol. The Labute approximate surface area is 120 Å². The number of hydrogen-bond acceptors (Lipinski definition) is 3. The molecular formula is C16H24FNO2. The van der Waals surface area contributed by atoms with Crippen LogP contribution in [0.15, 0.2) is 24.3 Å². The number of aliphatic hydroxyl groups excluding tert-OH is 1. The molecule has 1 heterocycles. The minimum absolute atomic E-state index is 0.0862. The van der Waals surface area contributed by atoms with Gasteiger partial charge in [-0.1, -0.05) is 19.1 Å². The summed E-state index contributed by atoms with van der Waals surface area (Å²) in [5, 5.41) is 9.52. The van der Waals surface area contributed by atoms with Gasteiger partial charge in [-0.25, -0.2) is 4.39 Å². The molecule has 20 heavy (non-hydrogen) atoms. The van der Waals surface area contributed by atoms with Crippen molar-refractivity contribution in [1.82, 2.24) is 4.90 Å². The van der Waals surface area contributed by atoms with E-state index >= 15 is 0 Å². The Kier molecular flexibility index (Phi) is 5.52. The minimum Gasteiger partial charge on any atom is -0.396 e. The molecule has 1 aromatic carbocycles. The van der Waals surface area contributed by atoms with Gasteiger partial charge in [-0.3, -0.25) is 0 Å². The molecule has 1 N–H and O–H groups in total. The molecule has 4 heteroatoms. The summed E-state index contributed by atoms with van der Waals surface area (Å²) in [6.45, 7) is 6.35. The first-order valence-electron chi connectivity index (χ1n) is 7.33. The van der Waals surface area contributed by atoms with Gasteiger partial charge in [-0.15, -0.1) is 0 Å². The van der Waals surface area contributed by atoms with Gasteiger partial charge in [0.05, 0.1) is 25.2 Å². The lowest BCUT2D eigenvalue weighted by Gasteiger charge is -2.43. The summed E-state index contributed by atoms with van der Waals surface area (Å²) < 4.78 is 18.4. The average Bonchev–Trinajstić information content (AvgIpc) is 2.40. The van der Waals surface area contributed by atoms with Crippen molar-refractivity contribution in [3.8, 4) is 0 Å². The SMILES string of the molecule is CCCN(CCc1cccc(F)c1)CC1(CO)COC1. The van der Waals surface area contributed by atoms with Gasteiger partial charge in [0.25, 0.3) is 0 Å². The third kappa shape index (κ3) is 4.01. The summed E-state index contributed by atoms with van der Waals surface area (Å²) in [7, 11) is 0. The Morgan fingerprint density at radius 2 is 2.15 bits per heavy atom. The molecule has 1 saturated heterocycles. The number of nitrogens with zero attached hydrogens (tertiary/aromatic N) is 1. The highest BCUT2D eigenvalue weighted by Gasteiger charge is 2.39. The van der Waals surface area contributed by atoms with Crippen molar-refractivity contribution < 1.29 is 14.2 Å². The van der Waals surface area contributed by atoms with E-state index in [2.05, 4.69) is 11.8 Å². The van der Waals surface area contributed by atoms with Crippen LogP contribution in [0, 0.1) is 11.2 Å². The fraction of sp³-hybridized carbons (Fsp3) is 0.625. The Balaban J connectivity index is 1.88. The van der Waals surface area contributed by atoms with Crippen molar-refractivity contribution in [3.05, 3.63) is 35.6 Å². The van der Waals surface area contributed by atoms with Crippen molar-refractivity contribution in [2.75, 3.05) is 39.5 Å². The molecule has 0 amide bonds. The topological polar surface area (TPSA) is 32.7 Å². The molecule has 1 fully saturated rings. The van der Waals surface area contributed by atoms with Gasteiger partial charge in [0.15, 0.2) is 0 Å². The van der Waals surface area contributed by atoms with Gasteiger partial charge >= 0.3 is 0 Å². The van der Waals surface area contributed by atoms with Crippen LogP contribution in [0.3, 0.4) is 0 Å². The van der Waals surface area contributed by atoms with Crippen LogP contribution in [-0.2, 0) is 11.2 Å². The maximum Gasteiger partial charge on any atom is 0.123 e. The van der Waals surface area contributed by atoms with E-state index in [1.54, 1.807) is 12.1 Å². The molecule has 1 aliphatic rings. The maximum absolute atomic E-state index is 13.2. The normalized spacial score (nSPS) is 17.2. The monoisotopic (exact) mass is 281 g/mol. The molecule has 0 spiro atoms. The summed E-state index contributed by atoms with van der Waals surface area (Å²) in [6, 6.07) is 6.78. The molecule has 0 radical (unpaired) electrons. The van der Waals surface area contributed by atoms with Gasteiger partial charge < -0.3 is 14.7 Å². The van der Waals surface area contributed by atoms with E-state index in [-0.39, 0.29) is 17.8 Å². The van der Waals surface area contributed by atoms with Crippen molar-refractivity contribution in [2.24, 2.45) is 5.41 Å². The molecule has 112 valence electrons. The van der Waals surface area contributed by atoms with Crippen molar-refractivity contribution in [1.29, 1.82) is 0 Å². The summed E-state index contributed by atoms with van der Waals surface area (Å²) in [6.07, 6.45) is 1.91. The van der Waals surface area contributed by atoms with Crippen molar-refractivity contribution in [3.63, 3.8) is 0 Å². The fourth-order valence-corrected chi connectivity index (χ4v) is 2.66. The molecule has 0 aromatic heterocycles. The van der Waals surface area contributed by atoms with Gasteiger partial charge in [0.1, 0.15) is 5.82 Å². The van der Waals surface area contributed by atoms with Crippen LogP contribution in [0.1, 0.15) is 18.9 Å². The molecule has 1 aromatic rings. The van der Waals surface area contributed by atoms with E-state index in [1.807, 2.05) is 6.07 Å².